The number of hydrogen-bond acceptors (Lipinski definition) is 7. The molecule has 0 aromatic rings. The summed E-state index contributed by atoms with van der Waals surface area (Å²) >= 11 is 2.00. The lowest BCUT2D eigenvalue weighted by atomic mass is 10.4. The Kier molecular flexibility index (Phi) is 12.0. The third-order valence-corrected chi connectivity index (χ3v) is 2.87. The normalized spacial score (nSPS) is 10.4. The first-order valence-corrected chi connectivity index (χ1v) is 8.86. The summed E-state index contributed by atoms with van der Waals surface area (Å²) in [5.74, 6) is -0.715. The average Bonchev–Trinajstić information content (AvgIpc) is 2.29. The van der Waals surface area contributed by atoms with Crippen LogP contribution in [-0.2, 0) is 23.2 Å². The Hall–Kier alpha value is -0.0600. The van der Waals surface area contributed by atoms with Crippen LogP contribution in [0.2, 0.25) is 0 Å². The fraction of sp³-hybridized carbons (Fsp3) is 0.800. The van der Waals surface area contributed by atoms with Crippen molar-refractivity contribution >= 4 is 42.4 Å². The van der Waals surface area contributed by atoms with Gasteiger partial charge in [0.1, 0.15) is 0 Å². The minimum atomic E-state index is -0.357. The second-order valence-corrected chi connectivity index (χ2v) is 4.65. The van der Waals surface area contributed by atoms with Crippen LogP contribution >= 0.6 is 30.4 Å². The standard InChI is InChI=1S/C10H18INO5S/c1-3-15-9(13)7-12(5-6-17-18-11)8-10(14)16-4-2/h3-8H2,1-2H3. The maximum atomic E-state index is 11.4. The molecule has 0 aliphatic heterocycles. The summed E-state index contributed by atoms with van der Waals surface area (Å²) in [4.78, 5) is 24.4. The molecular formula is C10H18INO5S. The van der Waals surface area contributed by atoms with E-state index < -0.39 is 0 Å². The Morgan fingerprint density at radius 2 is 1.61 bits per heavy atom. The van der Waals surface area contributed by atoms with Gasteiger partial charge in [0.2, 0.25) is 0 Å². The van der Waals surface area contributed by atoms with E-state index >= 15 is 0 Å². The molecule has 0 atom stereocenters. The maximum Gasteiger partial charge on any atom is 0.320 e. The third-order valence-electron chi connectivity index (χ3n) is 1.85. The Balaban J connectivity index is 4.14. The topological polar surface area (TPSA) is 65.1 Å². The number of carbonyl (C=O) groups is 2. The van der Waals surface area contributed by atoms with Crippen molar-refractivity contribution in [3.8, 4) is 0 Å². The Morgan fingerprint density at radius 3 is 2.00 bits per heavy atom. The lowest BCUT2D eigenvalue weighted by molar-refractivity contribution is -0.148. The minimum absolute atomic E-state index is 0.0575. The van der Waals surface area contributed by atoms with Crippen molar-refractivity contribution in [2.45, 2.75) is 13.8 Å². The molecule has 0 aromatic carbocycles. The number of rotatable bonds is 10. The smallest absolute Gasteiger partial charge is 0.320 e. The molecular weight excluding hydrogens is 373 g/mol. The molecule has 106 valence electrons. The fourth-order valence-corrected chi connectivity index (χ4v) is 1.87. The molecule has 0 saturated heterocycles. The van der Waals surface area contributed by atoms with Crippen molar-refractivity contribution in [1.82, 2.24) is 4.90 Å². The van der Waals surface area contributed by atoms with Gasteiger partial charge in [0.15, 0.2) is 0 Å². The lowest BCUT2D eigenvalue weighted by Crippen LogP contribution is -2.38. The molecule has 0 heterocycles. The minimum Gasteiger partial charge on any atom is -0.465 e. The largest absolute Gasteiger partial charge is 0.465 e. The number of hydrogen-bond donors (Lipinski definition) is 0. The van der Waals surface area contributed by atoms with Crippen LogP contribution in [0.15, 0.2) is 0 Å². The van der Waals surface area contributed by atoms with Crippen LogP contribution in [0.1, 0.15) is 13.8 Å². The van der Waals surface area contributed by atoms with E-state index in [2.05, 4.69) is 0 Å². The van der Waals surface area contributed by atoms with Crippen LogP contribution in [0.4, 0.5) is 0 Å². The molecule has 0 amide bonds. The summed E-state index contributed by atoms with van der Waals surface area (Å²) in [6.45, 7) is 5.13. The molecule has 18 heavy (non-hydrogen) atoms. The zero-order valence-corrected chi connectivity index (χ0v) is 13.5. The Labute approximate surface area is 123 Å². The van der Waals surface area contributed by atoms with Crippen LogP contribution < -0.4 is 0 Å². The van der Waals surface area contributed by atoms with Gasteiger partial charge in [-0.1, -0.05) is 0 Å². The van der Waals surface area contributed by atoms with Crippen LogP contribution in [0.3, 0.4) is 0 Å². The van der Waals surface area contributed by atoms with Crippen molar-refractivity contribution in [1.29, 1.82) is 0 Å². The summed E-state index contributed by atoms with van der Waals surface area (Å²) in [6.07, 6.45) is 0. The first-order valence-electron chi connectivity index (χ1n) is 5.57. The summed E-state index contributed by atoms with van der Waals surface area (Å²) in [7, 11) is 1.21. The van der Waals surface area contributed by atoms with Gasteiger partial charge in [0.05, 0.1) is 42.1 Å². The summed E-state index contributed by atoms with van der Waals surface area (Å²) in [5, 5.41) is 0. The second-order valence-electron chi connectivity index (χ2n) is 3.21. The van der Waals surface area contributed by atoms with Gasteiger partial charge in [-0.15, -0.1) is 0 Å². The van der Waals surface area contributed by atoms with Gasteiger partial charge in [-0.05, 0) is 13.8 Å². The SMILES string of the molecule is CCOC(=O)CN(CCOSI)CC(=O)OCC. The molecule has 0 aliphatic carbocycles. The van der Waals surface area contributed by atoms with E-state index in [-0.39, 0.29) is 25.0 Å². The van der Waals surface area contributed by atoms with Gasteiger partial charge in [-0.25, -0.2) is 0 Å². The van der Waals surface area contributed by atoms with Crippen LogP contribution in [0.5, 0.6) is 0 Å². The van der Waals surface area contributed by atoms with Crippen molar-refractivity contribution in [3.63, 3.8) is 0 Å². The maximum absolute atomic E-state index is 11.4. The molecule has 0 aromatic heterocycles. The van der Waals surface area contributed by atoms with Gasteiger partial charge >= 0.3 is 11.9 Å². The van der Waals surface area contributed by atoms with Crippen LogP contribution in [0, 0.1) is 0 Å². The van der Waals surface area contributed by atoms with E-state index in [1.165, 1.54) is 9.21 Å². The molecule has 0 unspecified atom stereocenters. The predicted molar refractivity (Wildman–Crippen MR) is 77.3 cm³/mol. The predicted octanol–water partition coefficient (Wildman–Crippen LogP) is 1.43. The lowest BCUT2D eigenvalue weighted by Gasteiger charge is -2.19. The van der Waals surface area contributed by atoms with E-state index in [0.29, 0.717) is 26.4 Å². The van der Waals surface area contributed by atoms with E-state index in [1.807, 2.05) is 21.2 Å². The van der Waals surface area contributed by atoms with Crippen molar-refractivity contribution in [2.24, 2.45) is 0 Å². The molecule has 0 radical (unpaired) electrons. The molecule has 6 nitrogen and oxygen atoms in total. The zero-order valence-electron chi connectivity index (χ0n) is 10.5. The van der Waals surface area contributed by atoms with E-state index in [1.54, 1.807) is 18.7 Å². The molecule has 0 fully saturated rings. The quantitative estimate of drug-likeness (QED) is 0.242. The number of halogens is 1. The second kappa shape index (κ2) is 12.0. The van der Waals surface area contributed by atoms with Crippen molar-refractivity contribution in [3.05, 3.63) is 0 Å². The summed E-state index contributed by atoms with van der Waals surface area (Å²) in [5.41, 5.74) is 0. The molecule has 0 spiro atoms. The molecule has 0 aliphatic rings. The Morgan fingerprint density at radius 1 is 1.11 bits per heavy atom. The highest BCUT2D eigenvalue weighted by Crippen LogP contribution is 2.11. The van der Waals surface area contributed by atoms with Crippen LogP contribution in [-0.4, -0.2) is 56.3 Å². The highest BCUT2D eigenvalue weighted by Gasteiger charge is 2.15. The van der Waals surface area contributed by atoms with Gasteiger partial charge in [-0.2, -0.15) is 0 Å². The van der Waals surface area contributed by atoms with Gasteiger partial charge in [0.25, 0.3) is 0 Å². The van der Waals surface area contributed by atoms with Gasteiger partial charge < -0.3 is 13.7 Å². The highest BCUT2D eigenvalue weighted by atomic mass is 127. The van der Waals surface area contributed by atoms with Crippen molar-refractivity contribution < 1.29 is 23.2 Å². The molecule has 0 saturated carbocycles. The van der Waals surface area contributed by atoms with Crippen molar-refractivity contribution in [2.75, 3.05) is 39.5 Å². The number of nitrogens with zero attached hydrogens (tertiary/aromatic N) is 1. The molecule has 0 N–H and O–H groups in total. The van der Waals surface area contributed by atoms with Crippen LogP contribution in [0.25, 0.3) is 0 Å². The van der Waals surface area contributed by atoms with E-state index in [0.717, 1.165) is 0 Å². The van der Waals surface area contributed by atoms with E-state index in [9.17, 15) is 9.59 Å². The first-order chi connectivity index (χ1) is 8.63. The van der Waals surface area contributed by atoms with Gasteiger partial charge in [0, 0.05) is 27.8 Å². The number of carbonyl (C=O) groups excluding carboxylic acids is 2. The Bertz CT molecular complexity index is 234. The molecule has 0 rings (SSSR count). The number of ether oxygens (including phenoxy) is 2. The number of esters is 2. The van der Waals surface area contributed by atoms with Gasteiger partial charge in [-0.3, -0.25) is 14.5 Å². The molecule has 0 bridgehead atoms. The zero-order chi connectivity index (χ0) is 13.8. The average molecular weight is 391 g/mol. The monoisotopic (exact) mass is 391 g/mol. The summed E-state index contributed by atoms with van der Waals surface area (Å²) in [6, 6.07) is 0. The highest BCUT2D eigenvalue weighted by molar-refractivity contribution is 14.2. The van der Waals surface area contributed by atoms with E-state index in [4.69, 9.17) is 13.7 Å². The fourth-order valence-electron chi connectivity index (χ4n) is 1.19. The summed E-state index contributed by atoms with van der Waals surface area (Å²) < 4.78 is 14.8. The third kappa shape index (κ3) is 9.92. The molecule has 8 heteroatoms. The first kappa shape index (κ1) is 17.9.